The Morgan fingerprint density at radius 1 is 1.21 bits per heavy atom. The predicted octanol–water partition coefficient (Wildman–Crippen LogP) is 4.82. The molecular formula is C17H27NS. The minimum Gasteiger partial charge on any atom is -0.316 e. The molecule has 106 valence electrons. The molecular weight excluding hydrogens is 250 g/mol. The highest BCUT2D eigenvalue weighted by atomic mass is 32.2. The molecule has 0 aromatic heterocycles. The van der Waals surface area contributed by atoms with Gasteiger partial charge in [0.1, 0.15) is 0 Å². The highest BCUT2D eigenvalue weighted by Crippen LogP contribution is 2.41. The van der Waals surface area contributed by atoms with Gasteiger partial charge in [-0.15, -0.1) is 11.8 Å². The van der Waals surface area contributed by atoms with Crippen molar-refractivity contribution < 1.29 is 0 Å². The molecule has 1 aromatic carbocycles. The summed E-state index contributed by atoms with van der Waals surface area (Å²) in [6, 6.07) is 9.59. The van der Waals surface area contributed by atoms with Gasteiger partial charge in [-0.25, -0.2) is 0 Å². The SMILES string of the molecule is CCCCCCCC(NC)C1CSc2ccccc21. The first-order valence-electron chi connectivity index (χ1n) is 7.75. The lowest BCUT2D eigenvalue weighted by Gasteiger charge is -2.23. The van der Waals surface area contributed by atoms with Crippen molar-refractivity contribution in [2.24, 2.45) is 0 Å². The Labute approximate surface area is 122 Å². The van der Waals surface area contributed by atoms with Gasteiger partial charge in [0.25, 0.3) is 0 Å². The molecule has 1 aliphatic heterocycles. The van der Waals surface area contributed by atoms with E-state index in [4.69, 9.17) is 0 Å². The summed E-state index contributed by atoms with van der Waals surface area (Å²) < 4.78 is 0. The van der Waals surface area contributed by atoms with Crippen LogP contribution in [0.3, 0.4) is 0 Å². The fraction of sp³-hybridized carbons (Fsp3) is 0.647. The standard InChI is InChI=1S/C17H27NS/c1-3-4-5-6-7-11-16(18-2)15-13-19-17-12-9-8-10-14(15)17/h8-10,12,15-16,18H,3-7,11,13H2,1-2H3. The van der Waals surface area contributed by atoms with Crippen LogP contribution in [0.5, 0.6) is 0 Å². The number of benzene rings is 1. The highest BCUT2D eigenvalue weighted by Gasteiger charge is 2.28. The predicted molar refractivity (Wildman–Crippen MR) is 86.1 cm³/mol. The molecule has 19 heavy (non-hydrogen) atoms. The smallest absolute Gasteiger partial charge is 0.0141 e. The minimum atomic E-state index is 0.651. The van der Waals surface area contributed by atoms with E-state index in [1.807, 2.05) is 11.8 Å². The van der Waals surface area contributed by atoms with Crippen molar-refractivity contribution >= 4 is 11.8 Å². The van der Waals surface area contributed by atoms with Crippen LogP contribution < -0.4 is 5.32 Å². The van der Waals surface area contributed by atoms with Crippen LogP contribution in [0.2, 0.25) is 0 Å². The van der Waals surface area contributed by atoms with Crippen LogP contribution in [0, 0.1) is 0 Å². The van der Waals surface area contributed by atoms with Gasteiger partial charge in [-0.1, -0.05) is 57.2 Å². The van der Waals surface area contributed by atoms with E-state index in [1.165, 1.54) is 49.2 Å². The van der Waals surface area contributed by atoms with Crippen LogP contribution in [0.25, 0.3) is 0 Å². The van der Waals surface area contributed by atoms with Gasteiger partial charge in [0.15, 0.2) is 0 Å². The molecule has 2 rings (SSSR count). The van der Waals surface area contributed by atoms with Crippen LogP contribution in [0.15, 0.2) is 29.2 Å². The molecule has 0 saturated carbocycles. The number of likely N-dealkylation sites (N-methyl/N-ethyl adjacent to an activating group) is 1. The molecule has 0 saturated heterocycles. The van der Waals surface area contributed by atoms with Crippen molar-refractivity contribution in [3.8, 4) is 0 Å². The van der Waals surface area contributed by atoms with Gasteiger partial charge in [0.05, 0.1) is 0 Å². The summed E-state index contributed by atoms with van der Waals surface area (Å²) in [5, 5.41) is 3.56. The second-order valence-corrected chi connectivity index (χ2v) is 6.62. The number of thioether (sulfide) groups is 1. The summed E-state index contributed by atoms with van der Waals surface area (Å²) in [5.41, 5.74) is 1.57. The third kappa shape index (κ3) is 4.00. The maximum Gasteiger partial charge on any atom is 0.0141 e. The van der Waals surface area contributed by atoms with Crippen molar-refractivity contribution in [3.63, 3.8) is 0 Å². The molecule has 0 fully saturated rings. The first-order chi connectivity index (χ1) is 9.36. The molecule has 1 aliphatic rings. The zero-order chi connectivity index (χ0) is 13.5. The maximum absolute atomic E-state index is 3.56. The average molecular weight is 277 g/mol. The van der Waals surface area contributed by atoms with Gasteiger partial charge in [-0.3, -0.25) is 0 Å². The summed E-state index contributed by atoms with van der Waals surface area (Å²) in [5.74, 6) is 1.96. The molecule has 0 radical (unpaired) electrons. The zero-order valence-corrected chi connectivity index (χ0v) is 13.1. The Kier molecular flexibility index (Phi) is 6.25. The van der Waals surface area contributed by atoms with Crippen molar-refractivity contribution in [2.75, 3.05) is 12.8 Å². The molecule has 2 atom stereocenters. The molecule has 0 spiro atoms. The van der Waals surface area contributed by atoms with E-state index in [-0.39, 0.29) is 0 Å². The van der Waals surface area contributed by atoms with Crippen molar-refractivity contribution in [1.82, 2.24) is 5.32 Å². The van der Waals surface area contributed by atoms with Gasteiger partial charge in [-0.05, 0) is 25.1 Å². The van der Waals surface area contributed by atoms with Crippen LogP contribution in [-0.2, 0) is 0 Å². The Bertz CT molecular complexity index is 377. The van der Waals surface area contributed by atoms with E-state index in [0.717, 1.165) is 0 Å². The largest absolute Gasteiger partial charge is 0.316 e. The van der Waals surface area contributed by atoms with Crippen LogP contribution in [0.4, 0.5) is 0 Å². The van der Waals surface area contributed by atoms with E-state index in [1.54, 1.807) is 5.56 Å². The van der Waals surface area contributed by atoms with E-state index >= 15 is 0 Å². The monoisotopic (exact) mass is 277 g/mol. The molecule has 1 N–H and O–H groups in total. The Hall–Kier alpha value is -0.470. The molecule has 0 aliphatic carbocycles. The molecule has 0 amide bonds. The number of hydrogen-bond donors (Lipinski definition) is 1. The van der Waals surface area contributed by atoms with Crippen LogP contribution in [-0.4, -0.2) is 18.8 Å². The highest BCUT2D eigenvalue weighted by molar-refractivity contribution is 7.99. The average Bonchev–Trinajstić information content (AvgIpc) is 2.87. The van der Waals surface area contributed by atoms with E-state index in [9.17, 15) is 0 Å². The van der Waals surface area contributed by atoms with Crippen molar-refractivity contribution in [1.29, 1.82) is 0 Å². The fourth-order valence-corrected chi connectivity index (χ4v) is 4.37. The first kappa shape index (κ1) is 14.9. The summed E-state index contributed by atoms with van der Waals surface area (Å²) in [6.45, 7) is 2.28. The Morgan fingerprint density at radius 2 is 2.00 bits per heavy atom. The quantitative estimate of drug-likeness (QED) is 0.683. The fourth-order valence-electron chi connectivity index (χ4n) is 3.04. The molecule has 1 aromatic rings. The van der Waals surface area contributed by atoms with Gasteiger partial charge in [-0.2, -0.15) is 0 Å². The third-order valence-corrected chi connectivity index (χ3v) is 5.42. The first-order valence-corrected chi connectivity index (χ1v) is 8.74. The van der Waals surface area contributed by atoms with Gasteiger partial charge in [0, 0.05) is 22.6 Å². The summed E-state index contributed by atoms with van der Waals surface area (Å²) >= 11 is 2.03. The van der Waals surface area contributed by atoms with Crippen LogP contribution in [0.1, 0.15) is 56.9 Å². The van der Waals surface area contributed by atoms with Crippen molar-refractivity contribution in [3.05, 3.63) is 29.8 Å². The summed E-state index contributed by atoms with van der Waals surface area (Å²) in [6.07, 6.45) is 8.22. The summed E-state index contributed by atoms with van der Waals surface area (Å²) in [4.78, 5) is 1.50. The number of fused-ring (bicyclic) bond motifs is 1. The Morgan fingerprint density at radius 3 is 2.79 bits per heavy atom. The van der Waals surface area contributed by atoms with Gasteiger partial charge in [0.2, 0.25) is 0 Å². The van der Waals surface area contributed by atoms with Gasteiger partial charge < -0.3 is 5.32 Å². The summed E-state index contributed by atoms with van der Waals surface area (Å²) in [7, 11) is 2.13. The molecule has 1 nitrogen and oxygen atoms in total. The molecule has 1 heterocycles. The molecule has 2 heteroatoms. The van der Waals surface area contributed by atoms with Gasteiger partial charge >= 0.3 is 0 Å². The van der Waals surface area contributed by atoms with Crippen LogP contribution >= 0.6 is 11.8 Å². The van der Waals surface area contributed by atoms with E-state index < -0.39 is 0 Å². The number of hydrogen-bond acceptors (Lipinski definition) is 2. The minimum absolute atomic E-state index is 0.651. The van der Waals surface area contributed by atoms with E-state index in [0.29, 0.717) is 12.0 Å². The number of rotatable bonds is 8. The van der Waals surface area contributed by atoms with E-state index in [2.05, 4.69) is 43.6 Å². The topological polar surface area (TPSA) is 12.0 Å². The maximum atomic E-state index is 3.56. The second-order valence-electron chi connectivity index (χ2n) is 5.55. The zero-order valence-electron chi connectivity index (χ0n) is 12.3. The normalized spacial score (nSPS) is 19.4. The number of unbranched alkanes of at least 4 members (excludes halogenated alkanes) is 4. The number of nitrogens with one attached hydrogen (secondary N) is 1. The molecule has 0 bridgehead atoms. The molecule has 2 unspecified atom stereocenters. The second kappa shape index (κ2) is 7.96. The Balaban J connectivity index is 1.85. The lowest BCUT2D eigenvalue weighted by atomic mass is 9.90. The lowest BCUT2D eigenvalue weighted by molar-refractivity contribution is 0.436. The van der Waals surface area contributed by atoms with Crippen molar-refractivity contribution in [2.45, 2.75) is 62.3 Å². The third-order valence-electron chi connectivity index (χ3n) is 4.21. The lowest BCUT2D eigenvalue weighted by Crippen LogP contribution is -2.32.